The maximum atomic E-state index is 14.0. The third-order valence-electron chi connectivity index (χ3n) is 7.21. The van der Waals surface area contributed by atoms with E-state index in [0.29, 0.717) is 21.1 Å². The molecule has 0 bridgehead atoms. The van der Waals surface area contributed by atoms with Gasteiger partial charge in [-0.1, -0.05) is 84.9 Å². The van der Waals surface area contributed by atoms with Gasteiger partial charge in [0.2, 0.25) is 0 Å². The van der Waals surface area contributed by atoms with Crippen molar-refractivity contribution >= 4 is 55.3 Å². The summed E-state index contributed by atoms with van der Waals surface area (Å²) in [5.74, 6) is -0.659. The van der Waals surface area contributed by atoms with E-state index in [1.807, 2.05) is 102 Å². The fourth-order valence-corrected chi connectivity index (χ4v) is 6.60. The first-order valence-electron chi connectivity index (χ1n) is 12.6. The molecule has 186 valence electrons. The highest BCUT2D eigenvalue weighted by Gasteiger charge is 2.36. The van der Waals surface area contributed by atoms with Crippen molar-refractivity contribution in [2.45, 2.75) is 0 Å². The third kappa shape index (κ3) is 3.70. The number of benzene rings is 5. The van der Waals surface area contributed by atoms with E-state index < -0.39 is 10.8 Å². The fourth-order valence-electron chi connectivity index (χ4n) is 5.38. The summed E-state index contributed by atoms with van der Waals surface area (Å²) in [6, 6.07) is 35.0. The molecule has 0 aromatic heterocycles. The second-order valence-corrected chi connectivity index (χ2v) is 10.9. The molecule has 1 heterocycles. The van der Waals surface area contributed by atoms with Crippen molar-refractivity contribution in [2.24, 2.45) is 0 Å². The van der Waals surface area contributed by atoms with Crippen LogP contribution >= 0.6 is 0 Å². The third-order valence-corrected chi connectivity index (χ3v) is 8.59. The van der Waals surface area contributed by atoms with Gasteiger partial charge in [0.1, 0.15) is 15.8 Å². The average molecular weight is 524 g/mol. The number of rotatable bonds is 4. The van der Waals surface area contributed by atoms with Crippen LogP contribution in [0.5, 0.6) is 0 Å². The molecule has 0 spiro atoms. The molecule has 5 aromatic rings. The van der Waals surface area contributed by atoms with Crippen LogP contribution in [0.25, 0.3) is 21.5 Å². The topological polar surface area (TPSA) is 54.5 Å². The number of ketones is 2. The highest BCUT2D eigenvalue weighted by molar-refractivity contribution is 7.93. The van der Waals surface area contributed by atoms with Gasteiger partial charge in [0.05, 0.1) is 11.3 Å². The van der Waals surface area contributed by atoms with Gasteiger partial charge in [0, 0.05) is 27.1 Å². The van der Waals surface area contributed by atoms with Crippen LogP contribution < -0.4 is 4.90 Å². The van der Waals surface area contributed by atoms with Crippen LogP contribution in [0.3, 0.4) is 0 Å². The minimum Gasteiger partial charge on any atom is -0.302 e. The van der Waals surface area contributed by atoms with Crippen molar-refractivity contribution in [1.82, 2.24) is 0 Å². The highest BCUT2D eigenvalue weighted by Crippen LogP contribution is 2.40. The lowest BCUT2D eigenvalue weighted by molar-refractivity contribution is 0.0989. The first kappa shape index (κ1) is 23.3. The molecule has 0 N–H and O–H groups in total. The Kier molecular flexibility index (Phi) is 5.46. The summed E-state index contributed by atoms with van der Waals surface area (Å²) in [4.78, 5) is 29.2. The van der Waals surface area contributed by atoms with Crippen LogP contribution in [0.4, 0.5) is 11.4 Å². The molecule has 1 aliphatic carbocycles. The maximum absolute atomic E-state index is 14.0. The van der Waals surface area contributed by atoms with Crippen LogP contribution in [0, 0.1) is 0 Å². The molecule has 39 heavy (non-hydrogen) atoms. The zero-order chi connectivity index (χ0) is 26.5. The van der Waals surface area contributed by atoms with Crippen molar-refractivity contribution in [1.29, 1.82) is 0 Å². The summed E-state index contributed by atoms with van der Waals surface area (Å²) in [7, 11) is -1.62. The first-order valence-corrected chi connectivity index (χ1v) is 13.8. The standard InChI is InChI=1S/C34H21NO3S/c36-33-28-19-17-23-10-5-7-15-27(23)32(28)34(37)29(33)21-25-18-20-31(39(25)38)35(24-12-2-1-3-13-24)30-16-8-11-22-9-4-6-14-26(22)30/h1-21H/b29-21-. The molecule has 0 saturated carbocycles. The zero-order valence-electron chi connectivity index (χ0n) is 20.7. The number of carbonyl (C=O) groups is 2. The van der Waals surface area contributed by atoms with Gasteiger partial charge in [-0.05, 0) is 58.7 Å². The number of hydrogen-bond donors (Lipinski definition) is 0. The van der Waals surface area contributed by atoms with Gasteiger partial charge in [-0.2, -0.15) is 0 Å². The monoisotopic (exact) mass is 523 g/mol. The smallest absolute Gasteiger partial charge is 0.198 e. The van der Waals surface area contributed by atoms with Crippen molar-refractivity contribution in [3.8, 4) is 0 Å². The molecule has 1 aliphatic heterocycles. The van der Waals surface area contributed by atoms with E-state index in [2.05, 4.69) is 12.1 Å². The largest absolute Gasteiger partial charge is 0.302 e. The number of allylic oxidation sites excluding steroid dienone is 4. The summed E-state index contributed by atoms with van der Waals surface area (Å²) in [5, 5.41) is 4.31. The Bertz CT molecular complexity index is 1960. The predicted molar refractivity (Wildman–Crippen MR) is 158 cm³/mol. The number of hydrogen-bond acceptors (Lipinski definition) is 4. The summed E-state index contributed by atoms with van der Waals surface area (Å²) in [5.41, 5.74) is 2.62. The molecule has 4 nitrogen and oxygen atoms in total. The maximum Gasteiger partial charge on any atom is 0.198 e. The summed E-state index contributed by atoms with van der Waals surface area (Å²) in [6.45, 7) is 0. The second-order valence-electron chi connectivity index (χ2n) is 9.44. The molecule has 5 aromatic carbocycles. The molecule has 2 aliphatic rings. The molecule has 0 saturated heterocycles. The molecule has 0 amide bonds. The van der Waals surface area contributed by atoms with Gasteiger partial charge in [-0.15, -0.1) is 0 Å². The fraction of sp³-hybridized carbons (Fsp3) is 0. The molecule has 1 unspecified atom stereocenters. The number of para-hydroxylation sites is 1. The predicted octanol–water partition coefficient (Wildman–Crippen LogP) is 7.62. The minimum absolute atomic E-state index is 0.0482. The zero-order valence-corrected chi connectivity index (χ0v) is 21.5. The summed E-state index contributed by atoms with van der Waals surface area (Å²) >= 11 is 0. The molecular formula is C34H21NO3S. The van der Waals surface area contributed by atoms with Gasteiger partial charge in [-0.25, -0.2) is 4.21 Å². The van der Waals surface area contributed by atoms with E-state index in [1.54, 1.807) is 12.1 Å². The second kappa shape index (κ2) is 9.15. The minimum atomic E-state index is -1.62. The SMILES string of the molecule is O=C1/C(=C/C2=CC=C(N(c3ccccc3)c3cccc4ccccc34)S2=O)C(=O)c2c1ccc1ccccc21. The van der Waals surface area contributed by atoms with Gasteiger partial charge in [0.25, 0.3) is 0 Å². The quantitative estimate of drug-likeness (QED) is 0.180. The number of anilines is 2. The Morgan fingerprint density at radius 3 is 2.08 bits per heavy atom. The molecule has 1 atom stereocenters. The van der Waals surface area contributed by atoms with Crippen molar-refractivity contribution in [3.63, 3.8) is 0 Å². The summed E-state index contributed by atoms with van der Waals surface area (Å²) in [6.07, 6.45) is 5.05. The van der Waals surface area contributed by atoms with Crippen LogP contribution in [-0.2, 0) is 10.8 Å². The lowest BCUT2D eigenvalue weighted by Crippen LogP contribution is -2.19. The van der Waals surface area contributed by atoms with Crippen molar-refractivity contribution in [3.05, 3.63) is 154 Å². The lowest BCUT2D eigenvalue weighted by Gasteiger charge is -2.27. The molecular weight excluding hydrogens is 502 g/mol. The van der Waals surface area contributed by atoms with E-state index in [-0.39, 0.29) is 17.1 Å². The van der Waals surface area contributed by atoms with Crippen LogP contribution in [0.15, 0.2) is 143 Å². The Morgan fingerprint density at radius 2 is 1.28 bits per heavy atom. The Morgan fingerprint density at radius 1 is 0.615 bits per heavy atom. The van der Waals surface area contributed by atoms with E-state index >= 15 is 0 Å². The summed E-state index contributed by atoms with van der Waals surface area (Å²) < 4.78 is 14.0. The van der Waals surface area contributed by atoms with E-state index in [4.69, 9.17) is 0 Å². The lowest BCUT2D eigenvalue weighted by atomic mass is 10.0. The van der Waals surface area contributed by atoms with E-state index in [1.165, 1.54) is 6.08 Å². The van der Waals surface area contributed by atoms with Gasteiger partial charge >= 0.3 is 0 Å². The number of carbonyl (C=O) groups excluding carboxylic acids is 2. The normalized spacial score (nSPS) is 17.5. The van der Waals surface area contributed by atoms with E-state index in [9.17, 15) is 13.8 Å². The highest BCUT2D eigenvalue weighted by atomic mass is 32.2. The van der Waals surface area contributed by atoms with Crippen molar-refractivity contribution < 1.29 is 13.8 Å². The number of nitrogens with zero attached hydrogens (tertiary/aromatic N) is 1. The number of fused-ring (bicyclic) bond motifs is 4. The van der Waals surface area contributed by atoms with Crippen LogP contribution in [-0.4, -0.2) is 15.8 Å². The van der Waals surface area contributed by atoms with Gasteiger partial charge in [0.15, 0.2) is 11.6 Å². The van der Waals surface area contributed by atoms with Gasteiger partial charge < -0.3 is 4.90 Å². The Labute approximate surface area is 227 Å². The van der Waals surface area contributed by atoms with Gasteiger partial charge in [-0.3, -0.25) is 9.59 Å². The molecule has 7 rings (SSSR count). The first-order chi connectivity index (χ1) is 19.1. The van der Waals surface area contributed by atoms with Crippen molar-refractivity contribution in [2.75, 3.05) is 4.90 Å². The Balaban J connectivity index is 1.29. The molecule has 0 fully saturated rings. The Hall–Kier alpha value is -4.87. The average Bonchev–Trinajstić information content (AvgIpc) is 3.46. The van der Waals surface area contributed by atoms with E-state index in [0.717, 1.165) is 32.9 Å². The van der Waals surface area contributed by atoms with Crippen LogP contribution in [0.1, 0.15) is 20.7 Å². The number of Topliss-reactive ketones (excluding diaryl/α,β-unsaturated/α-hetero) is 2. The molecule has 5 heteroatoms. The van der Waals surface area contributed by atoms with Crippen LogP contribution in [0.2, 0.25) is 0 Å². The molecule has 0 radical (unpaired) electrons.